The van der Waals surface area contributed by atoms with Crippen LogP contribution in [0.2, 0.25) is 0 Å². The minimum absolute atomic E-state index is 0.0789. The van der Waals surface area contributed by atoms with Crippen molar-refractivity contribution in [2.24, 2.45) is 5.41 Å². The highest BCUT2D eigenvalue weighted by molar-refractivity contribution is 9.10. The maximum absolute atomic E-state index is 13.1. The summed E-state index contributed by atoms with van der Waals surface area (Å²) in [5.41, 5.74) is 1.82. The first-order chi connectivity index (χ1) is 16.3. The molecule has 4 aromatic rings. The summed E-state index contributed by atoms with van der Waals surface area (Å²) >= 11 is 3.33. The van der Waals surface area contributed by atoms with Gasteiger partial charge in [-0.1, -0.05) is 54.9 Å². The molecule has 2 heterocycles. The molecule has 0 spiro atoms. The highest BCUT2D eigenvalue weighted by Crippen LogP contribution is 2.39. The van der Waals surface area contributed by atoms with Gasteiger partial charge in [0.15, 0.2) is 5.75 Å². The molecule has 0 saturated heterocycles. The summed E-state index contributed by atoms with van der Waals surface area (Å²) < 4.78 is 34.5. The molecule has 0 aliphatic carbocycles. The lowest BCUT2D eigenvalue weighted by Gasteiger charge is -2.34. The van der Waals surface area contributed by atoms with Crippen LogP contribution in [-0.4, -0.2) is 23.3 Å². The van der Waals surface area contributed by atoms with E-state index in [0.29, 0.717) is 11.3 Å². The topological polar surface area (TPSA) is 72.7 Å². The van der Waals surface area contributed by atoms with Gasteiger partial charge in [-0.15, -0.1) is 0 Å². The largest absolute Gasteiger partial charge is 0.378 e. The van der Waals surface area contributed by atoms with Crippen molar-refractivity contribution in [3.05, 3.63) is 77.4 Å². The summed E-state index contributed by atoms with van der Waals surface area (Å²) in [7, 11) is -4.04. The number of pyridine rings is 1. The van der Waals surface area contributed by atoms with Gasteiger partial charge in [-0.3, -0.25) is 4.40 Å². The summed E-state index contributed by atoms with van der Waals surface area (Å²) in [5.74, 6) is 1.00. The number of nitrogens with one attached hydrogen (secondary N) is 1. The molecule has 35 heavy (non-hydrogen) atoms. The van der Waals surface area contributed by atoms with Crippen LogP contribution in [0.3, 0.4) is 0 Å². The Labute approximate surface area is 215 Å². The van der Waals surface area contributed by atoms with Gasteiger partial charge in [-0.05, 0) is 74.2 Å². The van der Waals surface area contributed by atoms with E-state index in [1.54, 1.807) is 24.3 Å². The van der Waals surface area contributed by atoms with Gasteiger partial charge in [0.1, 0.15) is 22.1 Å². The number of para-hydroxylation sites is 1. The Hall–Kier alpha value is -2.84. The van der Waals surface area contributed by atoms with E-state index in [9.17, 15) is 8.42 Å². The van der Waals surface area contributed by atoms with Crippen LogP contribution in [0.15, 0.2) is 82.3 Å². The number of aromatic nitrogens is 2. The Bertz CT molecular complexity index is 1450. The number of benzene rings is 2. The van der Waals surface area contributed by atoms with Crippen LogP contribution >= 0.6 is 15.9 Å². The molecule has 0 radical (unpaired) electrons. The Kier molecular flexibility index (Phi) is 6.72. The van der Waals surface area contributed by atoms with Crippen molar-refractivity contribution in [3.63, 3.8) is 0 Å². The van der Waals surface area contributed by atoms with E-state index >= 15 is 0 Å². The third-order valence-corrected chi connectivity index (χ3v) is 7.18. The molecule has 0 bridgehead atoms. The minimum atomic E-state index is -4.04. The molecule has 0 unspecified atom stereocenters. The van der Waals surface area contributed by atoms with E-state index in [1.807, 2.05) is 40.9 Å². The van der Waals surface area contributed by atoms with E-state index in [2.05, 4.69) is 55.9 Å². The maximum atomic E-state index is 13.1. The first kappa shape index (κ1) is 25.3. The standard InChI is InChI=1S/C27H30BrN3O3S/c1-26(2,3)18-27(4,5)30-25-24(29-23-12-8-9-17-31(23)25)21-10-6-7-11-22(21)34-35(32,33)20-15-13-19(28)14-16-20/h6-17,30H,18H2,1-5H3. The molecule has 0 aliphatic heterocycles. The SMILES string of the molecule is CC(C)(C)CC(C)(C)Nc1c(-c2ccccc2OS(=O)(=O)c2ccc(Br)cc2)nc2ccccn12. The van der Waals surface area contributed by atoms with Gasteiger partial charge in [0.25, 0.3) is 0 Å². The lowest BCUT2D eigenvalue weighted by Crippen LogP contribution is -2.36. The van der Waals surface area contributed by atoms with E-state index in [1.165, 1.54) is 12.1 Å². The minimum Gasteiger partial charge on any atom is -0.378 e. The van der Waals surface area contributed by atoms with Crippen LogP contribution in [0.4, 0.5) is 5.82 Å². The molecule has 1 N–H and O–H groups in total. The second kappa shape index (κ2) is 9.32. The normalized spacial score (nSPS) is 12.6. The lowest BCUT2D eigenvalue weighted by atomic mass is 9.82. The average Bonchev–Trinajstić information content (AvgIpc) is 3.10. The van der Waals surface area contributed by atoms with Gasteiger partial charge in [0.05, 0.1) is 0 Å². The number of imidazole rings is 1. The van der Waals surface area contributed by atoms with E-state index in [0.717, 1.165) is 22.4 Å². The van der Waals surface area contributed by atoms with Crippen molar-refractivity contribution >= 4 is 37.5 Å². The fourth-order valence-corrected chi connectivity index (χ4v) is 5.71. The molecule has 0 amide bonds. The molecule has 4 rings (SSSR count). The number of fused-ring (bicyclic) bond motifs is 1. The molecule has 0 fully saturated rings. The molecular formula is C27H30BrN3O3S. The molecule has 8 heteroatoms. The van der Waals surface area contributed by atoms with Crippen molar-refractivity contribution < 1.29 is 12.6 Å². The highest BCUT2D eigenvalue weighted by atomic mass is 79.9. The Morgan fingerprint density at radius 3 is 2.29 bits per heavy atom. The molecule has 6 nitrogen and oxygen atoms in total. The molecule has 184 valence electrons. The summed E-state index contributed by atoms with van der Waals surface area (Å²) in [4.78, 5) is 4.94. The predicted octanol–water partition coefficient (Wildman–Crippen LogP) is 7.16. The molecule has 0 aliphatic rings. The van der Waals surface area contributed by atoms with Crippen LogP contribution in [0.5, 0.6) is 5.75 Å². The number of halogens is 1. The van der Waals surface area contributed by atoms with Gasteiger partial charge >= 0.3 is 10.1 Å². The second-order valence-electron chi connectivity index (χ2n) is 10.5. The van der Waals surface area contributed by atoms with Crippen LogP contribution in [0.1, 0.15) is 41.0 Å². The van der Waals surface area contributed by atoms with E-state index < -0.39 is 10.1 Å². The quantitative estimate of drug-likeness (QED) is 0.245. The Morgan fingerprint density at radius 2 is 1.60 bits per heavy atom. The monoisotopic (exact) mass is 555 g/mol. The highest BCUT2D eigenvalue weighted by Gasteiger charge is 2.29. The van der Waals surface area contributed by atoms with Crippen LogP contribution in [0.25, 0.3) is 16.9 Å². The van der Waals surface area contributed by atoms with Crippen LogP contribution in [-0.2, 0) is 10.1 Å². The van der Waals surface area contributed by atoms with Crippen molar-refractivity contribution in [2.75, 3.05) is 5.32 Å². The Balaban J connectivity index is 1.81. The second-order valence-corrected chi connectivity index (χ2v) is 12.9. The third kappa shape index (κ3) is 5.87. The van der Waals surface area contributed by atoms with Gasteiger partial charge in [-0.25, -0.2) is 4.98 Å². The number of nitrogens with zero attached hydrogens (tertiary/aromatic N) is 2. The van der Waals surface area contributed by atoms with E-state index in [-0.39, 0.29) is 21.6 Å². The summed E-state index contributed by atoms with van der Waals surface area (Å²) in [5, 5.41) is 3.68. The van der Waals surface area contributed by atoms with E-state index in [4.69, 9.17) is 9.17 Å². The molecule has 0 atom stereocenters. The van der Waals surface area contributed by atoms with Gasteiger partial charge in [0.2, 0.25) is 0 Å². The zero-order chi connectivity index (χ0) is 25.4. The Morgan fingerprint density at radius 1 is 0.943 bits per heavy atom. The average molecular weight is 557 g/mol. The third-order valence-electron chi connectivity index (χ3n) is 5.40. The number of rotatable bonds is 7. The van der Waals surface area contributed by atoms with Crippen LogP contribution < -0.4 is 9.50 Å². The van der Waals surface area contributed by atoms with Gasteiger partial charge in [-0.2, -0.15) is 8.42 Å². The molecular weight excluding hydrogens is 526 g/mol. The smallest absolute Gasteiger partial charge is 0.339 e. The predicted molar refractivity (Wildman–Crippen MR) is 144 cm³/mol. The fraction of sp³-hybridized carbons (Fsp3) is 0.296. The zero-order valence-electron chi connectivity index (χ0n) is 20.5. The molecule has 0 saturated carbocycles. The zero-order valence-corrected chi connectivity index (χ0v) is 22.9. The maximum Gasteiger partial charge on any atom is 0.339 e. The van der Waals surface area contributed by atoms with Gasteiger partial charge < -0.3 is 9.50 Å². The first-order valence-corrected chi connectivity index (χ1v) is 13.6. The van der Waals surface area contributed by atoms with Crippen LogP contribution in [0, 0.1) is 5.41 Å². The summed E-state index contributed by atoms with van der Waals surface area (Å²) in [6.07, 6.45) is 2.86. The van der Waals surface area contributed by atoms with Crippen molar-refractivity contribution in [1.29, 1.82) is 0 Å². The van der Waals surface area contributed by atoms with Crippen molar-refractivity contribution in [2.45, 2.75) is 51.5 Å². The fourth-order valence-electron chi connectivity index (χ4n) is 4.50. The lowest BCUT2D eigenvalue weighted by molar-refractivity contribution is 0.302. The number of hydrogen-bond donors (Lipinski definition) is 1. The first-order valence-electron chi connectivity index (χ1n) is 11.4. The summed E-state index contributed by atoms with van der Waals surface area (Å²) in [6.45, 7) is 10.9. The van der Waals surface area contributed by atoms with Gasteiger partial charge in [0, 0.05) is 21.8 Å². The number of anilines is 1. The van der Waals surface area contributed by atoms with Crippen molar-refractivity contribution in [3.8, 4) is 17.0 Å². The molecule has 2 aromatic carbocycles. The number of hydrogen-bond acceptors (Lipinski definition) is 5. The van der Waals surface area contributed by atoms with Crippen molar-refractivity contribution in [1.82, 2.24) is 9.38 Å². The summed E-state index contributed by atoms with van der Waals surface area (Å²) in [6, 6.07) is 19.2. The molecule has 2 aromatic heterocycles.